The first-order valence-electron chi connectivity index (χ1n) is 8.73. The molecule has 3 aromatic rings. The van der Waals surface area contributed by atoms with E-state index in [0.717, 1.165) is 34.4 Å². The normalized spacial score (nSPS) is 11.6. The monoisotopic (exact) mass is 394 g/mol. The van der Waals surface area contributed by atoms with Crippen molar-refractivity contribution in [2.24, 2.45) is 16.6 Å². The van der Waals surface area contributed by atoms with Gasteiger partial charge in [0.1, 0.15) is 11.3 Å². The summed E-state index contributed by atoms with van der Waals surface area (Å²) in [5, 5.41) is 12.0. The van der Waals surface area contributed by atoms with E-state index in [1.165, 1.54) is 0 Å². The first-order valence-corrected chi connectivity index (χ1v) is 9.55. The Morgan fingerprint density at radius 2 is 1.93 bits per heavy atom. The van der Waals surface area contributed by atoms with Crippen molar-refractivity contribution in [3.05, 3.63) is 48.7 Å². The summed E-state index contributed by atoms with van der Waals surface area (Å²) < 4.78 is 5.19. The van der Waals surface area contributed by atoms with Crippen LogP contribution in [0.2, 0.25) is 0 Å². The molecule has 0 atom stereocenters. The molecular weight excluding hydrogens is 372 g/mol. The number of rotatable bonds is 5. The van der Waals surface area contributed by atoms with Crippen molar-refractivity contribution in [2.45, 2.75) is 13.8 Å². The summed E-state index contributed by atoms with van der Waals surface area (Å²) in [5.74, 6) is 1.37. The quantitative estimate of drug-likeness (QED) is 0.428. The van der Waals surface area contributed by atoms with Gasteiger partial charge in [0.15, 0.2) is 11.0 Å². The van der Waals surface area contributed by atoms with Gasteiger partial charge >= 0.3 is 0 Å². The summed E-state index contributed by atoms with van der Waals surface area (Å²) in [5.41, 5.74) is 9.13. The molecule has 0 aliphatic heterocycles. The predicted molar refractivity (Wildman–Crippen MR) is 117 cm³/mol. The first kappa shape index (κ1) is 19.6. The zero-order chi connectivity index (χ0) is 20.1. The van der Waals surface area contributed by atoms with E-state index in [2.05, 4.69) is 20.3 Å². The lowest BCUT2D eigenvalue weighted by atomic mass is 10.2. The van der Waals surface area contributed by atoms with Crippen LogP contribution in [0.5, 0.6) is 5.75 Å². The molecule has 0 fully saturated rings. The third-order valence-corrected chi connectivity index (χ3v) is 4.89. The number of thioether (sulfide) groups is 1. The van der Waals surface area contributed by atoms with Crippen LogP contribution >= 0.6 is 11.8 Å². The number of amidine groups is 1. The molecule has 0 saturated heterocycles. The van der Waals surface area contributed by atoms with E-state index in [9.17, 15) is 0 Å². The van der Waals surface area contributed by atoms with Crippen molar-refractivity contribution in [3.8, 4) is 5.75 Å². The lowest BCUT2D eigenvalue weighted by Gasteiger charge is -2.10. The number of aliphatic imine (C=N–C) groups is 1. The maximum atomic E-state index is 7.91. The van der Waals surface area contributed by atoms with Crippen molar-refractivity contribution in [1.82, 2.24) is 9.97 Å². The SMILES string of the molecule is COc1ccc(Nc2ccnc3ccc(N=C(N)SC(=N)C(C)C)nc23)cc1. The van der Waals surface area contributed by atoms with Gasteiger partial charge in [0.2, 0.25) is 0 Å². The van der Waals surface area contributed by atoms with Gasteiger partial charge in [-0.15, -0.1) is 0 Å². The molecule has 144 valence electrons. The Hall–Kier alpha value is -3.13. The Morgan fingerprint density at radius 1 is 1.18 bits per heavy atom. The van der Waals surface area contributed by atoms with Crippen LogP contribution in [-0.4, -0.2) is 27.3 Å². The Morgan fingerprint density at radius 3 is 2.61 bits per heavy atom. The van der Waals surface area contributed by atoms with E-state index >= 15 is 0 Å². The van der Waals surface area contributed by atoms with E-state index in [-0.39, 0.29) is 5.92 Å². The fraction of sp³-hybridized carbons (Fsp3) is 0.200. The summed E-state index contributed by atoms with van der Waals surface area (Å²) in [7, 11) is 1.64. The molecule has 2 aromatic heterocycles. The van der Waals surface area contributed by atoms with Gasteiger partial charge in [-0.2, -0.15) is 0 Å². The average Bonchev–Trinajstić information content (AvgIpc) is 2.69. The van der Waals surface area contributed by atoms with Crippen LogP contribution in [-0.2, 0) is 0 Å². The third-order valence-electron chi connectivity index (χ3n) is 3.90. The van der Waals surface area contributed by atoms with Gasteiger partial charge in [0, 0.05) is 17.8 Å². The second kappa shape index (κ2) is 8.71. The maximum Gasteiger partial charge on any atom is 0.166 e. The van der Waals surface area contributed by atoms with Gasteiger partial charge in [-0.3, -0.25) is 10.4 Å². The number of benzene rings is 1. The molecular formula is C20H22N6OS. The minimum Gasteiger partial charge on any atom is -0.497 e. The number of aromatic nitrogens is 2. The zero-order valence-corrected chi connectivity index (χ0v) is 16.7. The van der Waals surface area contributed by atoms with Crippen LogP contribution in [0.15, 0.2) is 53.7 Å². The minimum absolute atomic E-state index is 0.104. The molecule has 1 aromatic carbocycles. The highest BCUT2D eigenvalue weighted by molar-refractivity contribution is 8.26. The highest BCUT2D eigenvalue weighted by atomic mass is 32.2. The number of hydrogen-bond donors (Lipinski definition) is 3. The van der Waals surface area contributed by atoms with Gasteiger partial charge in [-0.25, -0.2) is 9.98 Å². The molecule has 0 amide bonds. The molecule has 4 N–H and O–H groups in total. The van der Waals surface area contributed by atoms with Gasteiger partial charge in [-0.1, -0.05) is 13.8 Å². The van der Waals surface area contributed by atoms with Crippen molar-refractivity contribution in [2.75, 3.05) is 12.4 Å². The Kier molecular flexibility index (Phi) is 6.10. The summed E-state index contributed by atoms with van der Waals surface area (Å²) in [6.45, 7) is 3.89. The van der Waals surface area contributed by atoms with E-state index in [1.54, 1.807) is 19.4 Å². The number of nitrogens with one attached hydrogen (secondary N) is 2. The van der Waals surface area contributed by atoms with Gasteiger partial charge in [0.25, 0.3) is 0 Å². The number of methoxy groups -OCH3 is 1. The molecule has 0 saturated carbocycles. The number of nitrogens with two attached hydrogens (primary N) is 1. The summed E-state index contributed by atoms with van der Waals surface area (Å²) in [6.07, 6.45) is 1.73. The van der Waals surface area contributed by atoms with Crippen molar-refractivity contribution in [3.63, 3.8) is 0 Å². The highest BCUT2D eigenvalue weighted by Gasteiger charge is 2.09. The van der Waals surface area contributed by atoms with E-state index in [4.69, 9.17) is 15.9 Å². The van der Waals surface area contributed by atoms with Crippen LogP contribution in [0, 0.1) is 11.3 Å². The van der Waals surface area contributed by atoms with E-state index < -0.39 is 0 Å². The van der Waals surface area contributed by atoms with Crippen LogP contribution in [0.3, 0.4) is 0 Å². The maximum absolute atomic E-state index is 7.91. The largest absolute Gasteiger partial charge is 0.497 e. The average molecular weight is 395 g/mol. The molecule has 28 heavy (non-hydrogen) atoms. The second-order valence-corrected chi connectivity index (χ2v) is 7.38. The molecule has 0 aliphatic carbocycles. The Balaban J connectivity index is 1.89. The Bertz CT molecular complexity index is 1020. The van der Waals surface area contributed by atoms with Crippen LogP contribution < -0.4 is 15.8 Å². The molecule has 0 bridgehead atoms. The number of fused-ring (bicyclic) bond motifs is 1. The Labute approximate surface area is 168 Å². The zero-order valence-electron chi connectivity index (χ0n) is 15.9. The fourth-order valence-electron chi connectivity index (χ4n) is 2.37. The van der Waals surface area contributed by atoms with Crippen LogP contribution in [0.4, 0.5) is 17.2 Å². The van der Waals surface area contributed by atoms with E-state index in [1.807, 2.05) is 50.2 Å². The number of ether oxygens (including phenoxy) is 1. The van der Waals surface area contributed by atoms with Gasteiger partial charge in [-0.05, 0) is 54.2 Å². The smallest absolute Gasteiger partial charge is 0.166 e. The highest BCUT2D eigenvalue weighted by Crippen LogP contribution is 2.27. The number of anilines is 2. The number of pyridine rings is 2. The van der Waals surface area contributed by atoms with Crippen LogP contribution in [0.1, 0.15) is 13.8 Å². The van der Waals surface area contributed by atoms with Gasteiger partial charge in [0.05, 0.1) is 23.4 Å². The fourth-order valence-corrected chi connectivity index (χ4v) is 2.97. The molecule has 0 radical (unpaired) electrons. The summed E-state index contributed by atoms with van der Waals surface area (Å²) in [6, 6.07) is 13.1. The first-order chi connectivity index (χ1) is 13.5. The molecule has 0 spiro atoms. The van der Waals surface area contributed by atoms with E-state index in [0.29, 0.717) is 21.5 Å². The molecule has 0 aliphatic rings. The lowest BCUT2D eigenvalue weighted by Crippen LogP contribution is -2.12. The third kappa shape index (κ3) is 4.77. The molecule has 2 heterocycles. The standard InChI is InChI=1S/C20H22N6OS/c1-12(2)19(21)28-20(22)26-17-9-8-15-18(25-17)16(10-11-23-15)24-13-4-6-14(27-3)7-5-13/h4-12,21H,1-3H3,(H,23,24)(H2,22,25,26). The summed E-state index contributed by atoms with van der Waals surface area (Å²) in [4.78, 5) is 13.3. The summed E-state index contributed by atoms with van der Waals surface area (Å²) >= 11 is 1.15. The molecule has 0 unspecified atom stereocenters. The lowest BCUT2D eigenvalue weighted by molar-refractivity contribution is 0.415. The minimum atomic E-state index is 0.104. The second-order valence-electron chi connectivity index (χ2n) is 6.32. The van der Waals surface area contributed by atoms with Crippen molar-refractivity contribution in [1.29, 1.82) is 5.41 Å². The van der Waals surface area contributed by atoms with Crippen molar-refractivity contribution < 1.29 is 4.74 Å². The number of nitrogens with zero attached hydrogens (tertiary/aromatic N) is 3. The molecule has 3 rings (SSSR count). The van der Waals surface area contributed by atoms with Crippen LogP contribution in [0.25, 0.3) is 11.0 Å². The topological polar surface area (TPSA) is 109 Å². The molecule has 7 nitrogen and oxygen atoms in total. The van der Waals surface area contributed by atoms with Gasteiger partial charge < -0.3 is 15.8 Å². The predicted octanol–water partition coefficient (Wildman–Crippen LogP) is 4.69. The van der Waals surface area contributed by atoms with Crippen molar-refractivity contribution >= 4 is 50.2 Å². The number of hydrogen-bond acceptors (Lipinski definition) is 7. The molecule has 8 heteroatoms.